The highest BCUT2D eigenvalue weighted by molar-refractivity contribution is 5.76. The van der Waals surface area contributed by atoms with Crippen molar-refractivity contribution in [3.63, 3.8) is 0 Å². The lowest BCUT2D eigenvalue weighted by Gasteiger charge is -2.33. The number of ether oxygens (including phenoxy) is 2. The van der Waals surface area contributed by atoms with Crippen molar-refractivity contribution in [2.45, 2.75) is 26.3 Å². The minimum absolute atomic E-state index is 0.00198. The largest absolute Gasteiger partial charge is 0.493 e. The number of aryl methyl sites for hydroxylation is 2. The number of rotatable bonds is 5. The molecule has 7 heteroatoms. The van der Waals surface area contributed by atoms with Gasteiger partial charge in [-0.1, -0.05) is 22.9 Å². The maximum atomic E-state index is 12.5. The Kier molecular flexibility index (Phi) is 5.10. The van der Waals surface area contributed by atoms with Gasteiger partial charge in [0, 0.05) is 6.54 Å². The van der Waals surface area contributed by atoms with Gasteiger partial charge in [0.15, 0.2) is 5.82 Å². The highest BCUT2D eigenvalue weighted by atomic mass is 16.5. The summed E-state index contributed by atoms with van der Waals surface area (Å²) in [6, 6.07) is 5.70. The fourth-order valence-corrected chi connectivity index (χ4v) is 2.79. The van der Waals surface area contributed by atoms with Gasteiger partial charge in [-0.05, 0) is 25.5 Å². The summed E-state index contributed by atoms with van der Waals surface area (Å²) in [6.45, 7) is 5.77. The molecule has 1 aliphatic heterocycles. The Morgan fingerprint density at radius 3 is 3.04 bits per heavy atom. The zero-order valence-corrected chi connectivity index (χ0v) is 13.9. The van der Waals surface area contributed by atoms with Crippen LogP contribution in [0.25, 0.3) is 0 Å². The quantitative estimate of drug-likeness (QED) is 0.834. The molecule has 1 aliphatic rings. The standard InChI is InChI=1S/C17H21N3O4/c1-12-3-4-15(13(2)9-12)23-7-5-16(21)20-6-8-22-10-14(20)17-18-11-24-19-17/h3-4,9,11,14H,5-8,10H2,1-2H3/t14-/m1/s1. The van der Waals surface area contributed by atoms with E-state index in [1.165, 1.54) is 12.0 Å². The summed E-state index contributed by atoms with van der Waals surface area (Å²) in [7, 11) is 0. The fourth-order valence-electron chi connectivity index (χ4n) is 2.79. The summed E-state index contributed by atoms with van der Waals surface area (Å²) < 4.78 is 16.0. The molecule has 1 saturated heterocycles. The number of aromatic nitrogens is 2. The lowest BCUT2D eigenvalue weighted by Crippen LogP contribution is -2.44. The summed E-state index contributed by atoms with van der Waals surface area (Å²) in [5, 5.41) is 3.83. The van der Waals surface area contributed by atoms with Gasteiger partial charge in [0.1, 0.15) is 11.8 Å². The smallest absolute Gasteiger partial charge is 0.226 e. The zero-order valence-electron chi connectivity index (χ0n) is 13.9. The lowest BCUT2D eigenvalue weighted by molar-refractivity contribution is -0.141. The van der Waals surface area contributed by atoms with E-state index in [1.54, 1.807) is 4.90 Å². The topological polar surface area (TPSA) is 77.7 Å². The summed E-state index contributed by atoms with van der Waals surface area (Å²) in [5.41, 5.74) is 2.26. The molecule has 1 aromatic carbocycles. The van der Waals surface area contributed by atoms with Crippen LogP contribution in [0.5, 0.6) is 5.75 Å². The molecule has 24 heavy (non-hydrogen) atoms. The van der Waals surface area contributed by atoms with Gasteiger partial charge in [-0.2, -0.15) is 4.98 Å². The molecule has 1 fully saturated rings. The Morgan fingerprint density at radius 2 is 2.29 bits per heavy atom. The molecule has 128 valence electrons. The number of benzene rings is 1. The van der Waals surface area contributed by atoms with E-state index in [9.17, 15) is 4.79 Å². The molecule has 0 aliphatic carbocycles. The van der Waals surface area contributed by atoms with Gasteiger partial charge in [-0.25, -0.2) is 0 Å². The van der Waals surface area contributed by atoms with E-state index in [1.807, 2.05) is 26.0 Å². The maximum absolute atomic E-state index is 12.5. The predicted molar refractivity (Wildman–Crippen MR) is 85.6 cm³/mol. The molecule has 0 saturated carbocycles. The molecular formula is C17H21N3O4. The van der Waals surface area contributed by atoms with E-state index in [2.05, 4.69) is 16.2 Å². The van der Waals surface area contributed by atoms with Crippen LogP contribution >= 0.6 is 0 Å². The SMILES string of the molecule is Cc1ccc(OCCC(=O)N2CCOC[C@@H]2c2ncon2)c(C)c1. The third-order valence-electron chi connectivity index (χ3n) is 4.03. The highest BCUT2D eigenvalue weighted by Gasteiger charge is 2.31. The summed E-state index contributed by atoms with van der Waals surface area (Å²) in [5.74, 6) is 1.28. The monoisotopic (exact) mass is 331 g/mol. The average molecular weight is 331 g/mol. The number of morpholine rings is 1. The van der Waals surface area contributed by atoms with Gasteiger partial charge in [0.05, 0.1) is 26.2 Å². The molecule has 1 atom stereocenters. The van der Waals surface area contributed by atoms with Crippen LogP contribution < -0.4 is 4.74 Å². The van der Waals surface area contributed by atoms with Crippen molar-refractivity contribution in [1.29, 1.82) is 0 Å². The summed E-state index contributed by atoms with van der Waals surface area (Å²) >= 11 is 0. The van der Waals surface area contributed by atoms with Crippen LogP contribution in [0, 0.1) is 13.8 Å². The van der Waals surface area contributed by atoms with Crippen molar-refractivity contribution in [2.75, 3.05) is 26.4 Å². The van der Waals surface area contributed by atoms with Crippen LogP contribution in [-0.2, 0) is 9.53 Å². The van der Waals surface area contributed by atoms with Crippen molar-refractivity contribution in [1.82, 2.24) is 15.0 Å². The van der Waals surface area contributed by atoms with Crippen LogP contribution in [-0.4, -0.2) is 47.3 Å². The van der Waals surface area contributed by atoms with Gasteiger partial charge in [-0.3, -0.25) is 4.79 Å². The Hall–Kier alpha value is -2.41. The minimum Gasteiger partial charge on any atom is -0.493 e. The van der Waals surface area contributed by atoms with Crippen LogP contribution in [0.2, 0.25) is 0 Å². The Morgan fingerprint density at radius 1 is 1.42 bits per heavy atom. The molecule has 0 unspecified atom stereocenters. The van der Waals surface area contributed by atoms with E-state index >= 15 is 0 Å². The molecule has 0 spiro atoms. The van der Waals surface area contributed by atoms with Crippen molar-refractivity contribution in [3.05, 3.63) is 41.5 Å². The van der Waals surface area contributed by atoms with Gasteiger partial charge in [0.25, 0.3) is 0 Å². The number of nitrogens with zero attached hydrogens (tertiary/aromatic N) is 3. The van der Waals surface area contributed by atoms with Crippen molar-refractivity contribution in [2.24, 2.45) is 0 Å². The zero-order chi connectivity index (χ0) is 16.9. The Labute approximate surface area is 140 Å². The second-order valence-corrected chi connectivity index (χ2v) is 5.83. The number of hydrogen-bond donors (Lipinski definition) is 0. The van der Waals surface area contributed by atoms with Crippen molar-refractivity contribution in [3.8, 4) is 5.75 Å². The van der Waals surface area contributed by atoms with E-state index in [4.69, 9.17) is 14.0 Å². The molecule has 2 aromatic rings. The van der Waals surface area contributed by atoms with E-state index in [0.29, 0.717) is 38.6 Å². The highest BCUT2D eigenvalue weighted by Crippen LogP contribution is 2.23. The Bertz CT molecular complexity index is 687. The second kappa shape index (κ2) is 7.44. The normalized spacial score (nSPS) is 17.8. The fraction of sp³-hybridized carbons (Fsp3) is 0.471. The van der Waals surface area contributed by atoms with Crippen LogP contribution in [0.3, 0.4) is 0 Å². The van der Waals surface area contributed by atoms with Gasteiger partial charge in [0.2, 0.25) is 12.3 Å². The molecule has 1 aromatic heterocycles. The number of amides is 1. The van der Waals surface area contributed by atoms with Gasteiger partial charge >= 0.3 is 0 Å². The number of carbonyl (C=O) groups is 1. The molecule has 0 bridgehead atoms. The molecule has 0 radical (unpaired) electrons. The summed E-state index contributed by atoms with van der Waals surface area (Å²) in [4.78, 5) is 18.3. The Balaban J connectivity index is 1.57. The van der Waals surface area contributed by atoms with Crippen LogP contribution in [0.1, 0.15) is 29.4 Å². The van der Waals surface area contributed by atoms with E-state index in [-0.39, 0.29) is 11.9 Å². The first kappa shape index (κ1) is 16.4. The molecule has 2 heterocycles. The molecule has 1 amide bonds. The molecule has 0 N–H and O–H groups in total. The second-order valence-electron chi connectivity index (χ2n) is 5.83. The minimum atomic E-state index is -0.300. The first-order valence-electron chi connectivity index (χ1n) is 7.98. The van der Waals surface area contributed by atoms with Gasteiger partial charge in [-0.15, -0.1) is 0 Å². The maximum Gasteiger partial charge on any atom is 0.226 e. The third-order valence-corrected chi connectivity index (χ3v) is 4.03. The van der Waals surface area contributed by atoms with E-state index in [0.717, 1.165) is 11.3 Å². The van der Waals surface area contributed by atoms with Crippen molar-refractivity contribution < 1.29 is 18.8 Å². The average Bonchev–Trinajstić information content (AvgIpc) is 3.11. The molecule has 3 rings (SSSR count). The predicted octanol–water partition coefficient (Wildman–Crippen LogP) is 2.06. The number of hydrogen-bond acceptors (Lipinski definition) is 6. The first-order chi connectivity index (χ1) is 11.6. The van der Waals surface area contributed by atoms with E-state index < -0.39 is 0 Å². The van der Waals surface area contributed by atoms with Gasteiger partial charge < -0.3 is 18.9 Å². The molecular weight excluding hydrogens is 310 g/mol. The van der Waals surface area contributed by atoms with Crippen LogP contribution in [0.4, 0.5) is 0 Å². The summed E-state index contributed by atoms with van der Waals surface area (Å²) in [6.07, 6.45) is 1.55. The lowest BCUT2D eigenvalue weighted by atomic mass is 10.1. The first-order valence-corrected chi connectivity index (χ1v) is 7.98. The number of carbonyl (C=O) groups excluding carboxylic acids is 1. The van der Waals surface area contributed by atoms with Crippen LogP contribution in [0.15, 0.2) is 29.1 Å². The molecule has 7 nitrogen and oxygen atoms in total. The third kappa shape index (κ3) is 3.73. The van der Waals surface area contributed by atoms with Crippen molar-refractivity contribution >= 4 is 5.91 Å².